The molecule has 0 amide bonds. The molecule has 0 unspecified atom stereocenters. The van der Waals surface area contributed by atoms with Crippen LogP contribution in [0.4, 0.5) is 4.39 Å². The van der Waals surface area contributed by atoms with Gasteiger partial charge in [0, 0.05) is 6.07 Å². The van der Waals surface area contributed by atoms with Crippen LogP contribution in [0.3, 0.4) is 0 Å². The molecule has 0 fully saturated rings. The third-order valence-corrected chi connectivity index (χ3v) is 2.63. The molecule has 1 N–H and O–H groups in total. The van der Waals surface area contributed by atoms with Crippen LogP contribution in [0.2, 0.25) is 5.02 Å². The van der Waals surface area contributed by atoms with Crippen LogP contribution in [0, 0.1) is 5.82 Å². The van der Waals surface area contributed by atoms with Crippen LogP contribution in [-0.4, -0.2) is 16.1 Å². The number of halogens is 2. The monoisotopic (exact) mass is 281 g/mol. The third-order valence-electron chi connectivity index (χ3n) is 2.35. The van der Waals surface area contributed by atoms with E-state index in [9.17, 15) is 9.18 Å². The van der Waals surface area contributed by atoms with Gasteiger partial charge in [0.25, 0.3) is 0 Å². The summed E-state index contributed by atoms with van der Waals surface area (Å²) in [7, 11) is 0. The number of carboxylic acids is 1. The molecule has 0 bridgehead atoms. The largest absolute Gasteiger partial charge is 0.487 e. The Kier molecular flexibility index (Phi) is 3.97. The van der Waals surface area contributed by atoms with E-state index in [1.807, 2.05) is 0 Å². The summed E-state index contributed by atoms with van der Waals surface area (Å²) in [6, 6.07) is 7.02. The summed E-state index contributed by atoms with van der Waals surface area (Å²) in [5.74, 6) is -1.28. The molecule has 2 aromatic rings. The normalized spacial score (nSPS) is 10.2. The second-order valence-electron chi connectivity index (χ2n) is 3.72. The first kappa shape index (κ1) is 13.3. The maximum absolute atomic E-state index is 12.7. The van der Waals surface area contributed by atoms with E-state index in [2.05, 4.69) is 4.98 Å². The fourth-order valence-electron chi connectivity index (χ4n) is 1.39. The van der Waals surface area contributed by atoms with Crippen molar-refractivity contribution in [1.29, 1.82) is 0 Å². The first-order valence-electron chi connectivity index (χ1n) is 5.32. The molecule has 0 aliphatic heterocycles. The summed E-state index contributed by atoms with van der Waals surface area (Å²) in [4.78, 5) is 14.4. The van der Waals surface area contributed by atoms with Gasteiger partial charge >= 0.3 is 5.97 Å². The zero-order valence-corrected chi connectivity index (χ0v) is 10.4. The molecule has 0 aliphatic rings. The number of carboxylic acid groups (broad SMARTS) is 1. The average molecular weight is 282 g/mol. The number of hydrogen-bond donors (Lipinski definition) is 1. The lowest BCUT2D eigenvalue weighted by molar-refractivity contribution is 0.0690. The number of pyridine rings is 1. The van der Waals surface area contributed by atoms with Gasteiger partial charge in [-0.15, -0.1) is 0 Å². The highest BCUT2D eigenvalue weighted by atomic mass is 35.5. The quantitative estimate of drug-likeness (QED) is 0.935. The molecular weight excluding hydrogens is 273 g/mol. The van der Waals surface area contributed by atoms with Gasteiger partial charge in [0.05, 0.1) is 6.20 Å². The third kappa shape index (κ3) is 3.42. The van der Waals surface area contributed by atoms with Gasteiger partial charge < -0.3 is 9.84 Å². The minimum Gasteiger partial charge on any atom is -0.487 e. The summed E-state index contributed by atoms with van der Waals surface area (Å²) >= 11 is 5.85. The van der Waals surface area contributed by atoms with Gasteiger partial charge in [-0.1, -0.05) is 23.7 Å². The van der Waals surface area contributed by atoms with Crippen LogP contribution < -0.4 is 4.74 Å². The standard InChI is InChI=1S/C13H9ClFNO3/c14-10-6-16-11(13(17)18)5-12(10)19-7-8-1-3-9(15)4-2-8/h1-6H,7H2,(H,17,18). The lowest BCUT2D eigenvalue weighted by Gasteiger charge is -2.08. The van der Waals surface area contributed by atoms with Crippen LogP contribution in [0.5, 0.6) is 5.75 Å². The predicted molar refractivity (Wildman–Crippen MR) is 66.9 cm³/mol. The molecule has 1 heterocycles. The summed E-state index contributed by atoms with van der Waals surface area (Å²) in [6.45, 7) is 0.156. The molecule has 0 saturated heterocycles. The maximum Gasteiger partial charge on any atom is 0.354 e. The highest BCUT2D eigenvalue weighted by Gasteiger charge is 2.10. The number of carbonyl (C=O) groups is 1. The zero-order valence-electron chi connectivity index (χ0n) is 9.64. The predicted octanol–water partition coefficient (Wildman–Crippen LogP) is 3.15. The molecule has 0 atom stereocenters. The minimum atomic E-state index is -1.16. The Morgan fingerprint density at radius 1 is 1.37 bits per heavy atom. The van der Waals surface area contributed by atoms with Gasteiger partial charge in [0.2, 0.25) is 0 Å². The Balaban J connectivity index is 2.12. The molecule has 4 nitrogen and oxygen atoms in total. The van der Waals surface area contributed by atoms with Crippen LogP contribution in [0.15, 0.2) is 36.5 Å². The fourth-order valence-corrected chi connectivity index (χ4v) is 1.55. The van der Waals surface area contributed by atoms with Gasteiger partial charge in [0.1, 0.15) is 23.2 Å². The second-order valence-corrected chi connectivity index (χ2v) is 4.13. The Bertz CT molecular complexity index is 601. The van der Waals surface area contributed by atoms with Gasteiger partial charge in [0.15, 0.2) is 5.69 Å². The number of benzene rings is 1. The van der Waals surface area contributed by atoms with Crippen molar-refractivity contribution in [2.24, 2.45) is 0 Å². The van der Waals surface area contributed by atoms with Crippen molar-refractivity contribution in [1.82, 2.24) is 4.98 Å². The Morgan fingerprint density at radius 2 is 2.05 bits per heavy atom. The number of aromatic carboxylic acids is 1. The van der Waals surface area contributed by atoms with E-state index in [0.29, 0.717) is 0 Å². The molecule has 98 valence electrons. The summed E-state index contributed by atoms with van der Waals surface area (Å²) in [5.41, 5.74) is 0.588. The van der Waals surface area contributed by atoms with Crippen molar-refractivity contribution in [2.75, 3.05) is 0 Å². The van der Waals surface area contributed by atoms with Crippen molar-refractivity contribution < 1.29 is 19.0 Å². The van der Waals surface area contributed by atoms with Gasteiger partial charge in [-0.05, 0) is 17.7 Å². The number of nitrogens with zero attached hydrogens (tertiary/aromatic N) is 1. The van der Waals surface area contributed by atoms with Crippen molar-refractivity contribution >= 4 is 17.6 Å². The molecule has 0 radical (unpaired) electrons. The Labute approximate surface area is 113 Å². The first-order chi connectivity index (χ1) is 9.06. The van der Waals surface area contributed by atoms with Gasteiger partial charge in [-0.2, -0.15) is 0 Å². The molecule has 0 aliphatic carbocycles. The van der Waals surface area contributed by atoms with Crippen LogP contribution in [0.1, 0.15) is 16.1 Å². The van der Waals surface area contributed by atoms with Crippen molar-refractivity contribution in [3.8, 4) is 5.75 Å². The number of rotatable bonds is 4. The molecule has 0 spiro atoms. The van der Waals surface area contributed by atoms with E-state index in [1.165, 1.54) is 24.4 Å². The molecule has 19 heavy (non-hydrogen) atoms. The molecule has 1 aromatic carbocycles. The van der Waals surface area contributed by atoms with E-state index in [4.69, 9.17) is 21.4 Å². The second kappa shape index (κ2) is 5.67. The Morgan fingerprint density at radius 3 is 2.68 bits per heavy atom. The van der Waals surface area contributed by atoms with Crippen LogP contribution >= 0.6 is 11.6 Å². The molecule has 6 heteroatoms. The molecule has 1 aromatic heterocycles. The number of ether oxygens (including phenoxy) is 1. The highest BCUT2D eigenvalue weighted by Crippen LogP contribution is 2.25. The lowest BCUT2D eigenvalue weighted by Crippen LogP contribution is -2.02. The van der Waals surface area contributed by atoms with E-state index in [1.54, 1.807) is 12.1 Å². The van der Waals surface area contributed by atoms with E-state index in [0.717, 1.165) is 5.56 Å². The lowest BCUT2D eigenvalue weighted by atomic mass is 10.2. The van der Waals surface area contributed by atoms with Crippen molar-refractivity contribution in [3.63, 3.8) is 0 Å². The van der Waals surface area contributed by atoms with Gasteiger partial charge in [-0.3, -0.25) is 0 Å². The van der Waals surface area contributed by atoms with E-state index in [-0.39, 0.29) is 28.9 Å². The molecule has 2 rings (SSSR count). The zero-order chi connectivity index (χ0) is 13.8. The highest BCUT2D eigenvalue weighted by molar-refractivity contribution is 6.32. The van der Waals surface area contributed by atoms with Crippen molar-refractivity contribution in [2.45, 2.75) is 6.61 Å². The summed E-state index contributed by atoms with van der Waals surface area (Å²) in [6.07, 6.45) is 1.21. The summed E-state index contributed by atoms with van der Waals surface area (Å²) < 4.78 is 18.1. The topological polar surface area (TPSA) is 59.4 Å². The Hall–Kier alpha value is -2.14. The van der Waals surface area contributed by atoms with E-state index < -0.39 is 5.97 Å². The summed E-state index contributed by atoms with van der Waals surface area (Å²) in [5, 5.41) is 9.03. The fraction of sp³-hybridized carbons (Fsp3) is 0.0769. The van der Waals surface area contributed by atoms with E-state index >= 15 is 0 Å². The smallest absolute Gasteiger partial charge is 0.354 e. The van der Waals surface area contributed by atoms with Crippen LogP contribution in [0.25, 0.3) is 0 Å². The molecular formula is C13H9ClFNO3. The SMILES string of the molecule is O=C(O)c1cc(OCc2ccc(F)cc2)c(Cl)cn1. The van der Waals surface area contributed by atoms with Gasteiger partial charge in [-0.25, -0.2) is 14.2 Å². The number of hydrogen-bond acceptors (Lipinski definition) is 3. The maximum atomic E-state index is 12.7. The first-order valence-corrected chi connectivity index (χ1v) is 5.70. The molecule has 0 saturated carbocycles. The van der Waals surface area contributed by atoms with Crippen molar-refractivity contribution in [3.05, 3.63) is 58.6 Å². The number of aromatic nitrogens is 1. The van der Waals surface area contributed by atoms with Crippen LogP contribution in [-0.2, 0) is 6.61 Å². The minimum absolute atomic E-state index is 0.154. The average Bonchev–Trinajstić information content (AvgIpc) is 2.39.